The van der Waals surface area contributed by atoms with Crippen molar-refractivity contribution in [3.05, 3.63) is 86.2 Å². The fourth-order valence-electron chi connectivity index (χ4n) is 2.74. The SMILES string of the molecule is N#C/C(=C\c1ccc(-c2cccc(I)c2)o1)c1nc2ccccc2c(=O)[nH]1. The highest BCUT2D eigenvalue weighted by Crippen LogP contribution is 2.25. The van der Waals surface area contributed by atoms with Gasteiger partial charge in [-0.3, -0.25) is 4.79 Å². The summed E-state index contributed by atoms with van der Waals surface area (Å²) < 4.78 is 6.95. The van der Waals surface area contributed by atoms with Crippen molar-refractivity contribution in [1.29, 1.82) is 5.26 Å². The molecule has 2 heterocycles. The second-order valence-corrected chi connectivity index (χ2v) is 7.06. The molecule has 0 aliphatic carbocycles. The summed E-state index contributed by atoms with van der Waals surface area (Å²) in [5.74, 6) is 1.43. The zero-order valence-corrected chi connectivity index (χ0v) is 16.1. The third-order valence-corrected chi connectivity index (χ3v) is 4.68. The van der Waals surface area contributed by atoms with Gasteiger partial charge < -0.3 is 9.40 Å². The number of benzene rings is 2. The summed E-state index contributed by atoms with van der Waals surface area (Å²) in [7, 11) is 0. The Kier molecular flexibility index (Phi) is 4.60. The van der Waals surface area contributed by atoms with Crippen molar-refractivity contribution in [2.75, 3.05) is 0 Å². The van der Waals surface area contributed by atoms with Gasteiger partial charge in [-0.15, -0.1) is 0 Å². The van der Waals surface area contributed by atoms with Crippen molar-refractivity contribution < 1.29 is 4.42 Å². The van der Waals surface area contributed by atoms with E-state index in [1.807, 2.05) is 30.3 Å². The van der Waals surface area contributed by atoms with Crippen molar-refractivity contribution in [3.63, 3.8) is 0 Å². The summed E-state index contributed by atoms with van der Waals surface area (Å²) in [6.07, 6.45) is 1.57. The largest absolute Gasteiger partial charge is 0.457 e. The Labute approximate surface area is 168 Å². The van der Waals surface area contributed by atoms with Crippen LogP contribution in [-0.4, -0.2) is 9.97 Å². The van der Waals surface area contributed by atoms with E-state index in [1.165, 1.54) is 0 Å². The van der Waals surface area contributed by atoms with E-state index in [4.69, 9.17) is 4.42 Å². The van der Waals surface area contributed by atoms with Gasteiger partial charge in [0.05, 0.1) is 16.5 Å². The standard InChI is InChI=1S/C21H12IN3O2/c22-15-5-3-4-13(10-15)19-9-8-16(27-19)11-14(12-23)20-24-18-7-2-1-6-17(18)21(26)25-20/h1-11H,(H,24,25,26)/b14-11+. The molecule has 0 saturated heterocycles. The van der Waals surface area contributed by atoms with Gasteiger partial charge in [-0.25, -0.2) is 4.98 Å². The molecular formula is C21H12IN3O2. The number of nitrogens with zero attached hydrogens (tertiary/aromatic N) is 2. The molecule has 6 heteroatoms. The fraction of sp³-hybridized carbons (Fsp3) is 0. The maximum absolute atomic E-state index is 12.2. The number of H-pyrrole nitrogens is 1. The number of aromatic amines is 1. The number of halogens is 1. The van der Waals surface area contributed by atoms with Crippen molar-refractivity contribution in [2.24, 2.45) is 0 Å². The van der Waals surface area contributed by atoms with Crippen LogP contribution in [0.15, 0.2) is 69.9 Å². The smallest absolute Gasteiger partial charge is 0.259 e. The number of para-hydroxylation sites is 1. The summed E-state index contributed by atoms with van der Waals surface area (Å²) >= 11 is 2.24. The third kappa shape index (κ3) is 3.55. The normalized spacial score (nSPS) is 11.5. The minimum atomic E-state index is -0.282. The lowest BCUT2D eigenvalue weighted by molar-refractivity contribution is 0.572. The zero-order chi connectivity index (χ0) is 18.8. The van der Waals surface area contributed by atoms with Crippen LogP contribution in [0.2, 0.25) is 0 Å². The van der Waals surface area contributed by atoms with Crippen molar-refractivity contribution in [2.45, 2.75) is 0 Å². The first-order chi connectivity index (χ1) is 13.1. The molecule has 27 heavy (non-hydrogen) atoms. The molecule has 0 saturated carbocycles. The van der Waals surface area contributed by atoms with Gasteiger partial charge in [-0.2, -0.15) is 5.26 Å². The number of rotatable bonds is 3. The summed E-state index contributed by atoms with van der Waals surface area (Å²) in [5.41, 5.74) is 1.44. The topological polar surface area (TPSA) is 82.7 Å². The summed E-state index contributed by atoms with van der Waals surface area (Å²) in [6.45, 7) is 0. The van der Waals surface area contributed by atoms with E-state index in [0.29, 0.717) is 22.4 Å². The first kappa shape index (κ1) is 17.2. The molecule has 130 valence electrons. The average Bonchev–Trinajstić information content (AvgIpc) is 3.15. The monoisotopic (exact) mass is 465 g/mol. The fourth-order valence-corrected chi connectivity index (χ4v) is 3.28. The number of hydrogen-bond acceptors (Lipinski definition) is 4. The molecule has 0 aliphatic rings. The second-order valence-electron chi connectivity index (χ2n) is 5.81. The van der Waals surface area contributed by atoms with Gasteiger partial charge in [0, 0.05) is 15.2 Å². The molecule has 0 aliphatic heterocycles. The number of allylic oxidation sites excluding steroid dienone is 1. The molecule has 4 aromatic rings. The van der Waals surface area contributed by atoms with Gasteiger partial charge >= 0.3 is 0 Å². The van der Waals surface area contributed by atoms with Gasteiger partial charge in [-0.05, 0) is 59.0 Å². The lowest BCUT2D eigenvalue weighted by Crippen LogP contribution is -2.11. The van der Waals surface area contributed by atoms with Gasteiger partial charge in [0.15, 0.2) is 5.82 Å². The van der Waals surface area contributed by atoms with Crippen LogP contribution in [0.4, 0.5) is 0 Å². The molecule has 0 bridgehead atoms. The quantitative estimate of drug-likeness (QED) is 0.347. The molecule has 0 atom stereocenters. The van der Waals surface area contributed by atoms with E-state index in [2.05, 4.69) is 38.6 Å². The highest BCUT2D eigenvalue weighted by molar-refractivity contribution is 14.1. The van der Waals surface area contributed by atoms with Crippen LogP contribution in [-0.2, 0) is 0 Å². The van der Waals surface area contributed by atoms with Gasteiger partial charge in [0.1, 0.15) is 17.6 Å². The van der Waals surface area contributed by atoms with E-state index < -0.39 is 0 Å². The van der Waals surface area contributed by atoms with Crippen molar-refractivity contribution in [1.82, 2.24) is 9.97 Å². The number of hydrogen-bond donors (Lipinski definition) is 1. The lowest BCUT2D eigenvalue weighted by Gasteiger charge is -2.01. The zero-order valence-electron chi connectivity index (χ0n) is 13.9. The van der Waals surface area contributed by atoms with Gasteiger partial charge in [-0.1, -0.05) is 24.3 Å². The van der Waals surface area contributed by atoms with Crippen LogP contribution in [0.25, 0.3) is 33.9 Å². The van der Waals surface area contributed by atoms with Crippen LogP contribution in [0.3, 0.4) is 0 Å². The maximum Gasteiger partial charge on any atom is 0.259 e. The number of nitriles is 1. The van der Waals surface area contributed by atoms with E-state index in [-0.39, 0.29) is 17.0 Å². The van der Waals surface area contributed by atoms with E-state index in [0.717, 1.165) is 9.13 Å². The molecule has 1 N–H and O–H groups in total. The minimum absolute atomic E-state index is 0.216. The lowest BCUT2D eigenvalue weighted by atomic mass is 10.2. The average molecular weight is 465 g/mol. The number of fused-ring (bicyclic) bond motifs is 1. The highest BCUT2D eigenvalue weighted by atomic mass is 127. The third-order valence-electron chi connectivity index (χ3n) is 4.01. The number of furan rings is 1. The van der Waals surface area contributed by atoms with Crippen LogP contribution in [0.5, 0.6) is 0 Å². The number of aromatic nitrogens is 2. The van der Waals surface area contributed by atoms with Crippen LogP contribution in [0.1, 0.15) is 11.6 Å². The van der Waals surface area contributed by atoms with E-state index >= 15 is 0 Å². The Morgan fingerprint density at radius 3 is 2.81 bits per heavy atom. The maximum atomic E-state index is 12.2. The van der Waals surface area contributed by atoms with Crippen LogP contribution in [0, 0.1) is 14.9 Å². The Morgan fingerprint density at radius 1 is 1.15 bits per heavy atom. The molecule has 0 fully saturated rings. The molecular weight excluding hydrogens is 453 g/mol. The molecule has 0 unspecified atom stereocenters. The van der Waals surface area contributed by atoms with Crippen molar-refractivity contribution in [3.8, 4) is 17.4 Å². The molecule has 0 amide bonds. The van der Waals surface area contributed by atoms with Crippen molar-refractivity contribution >= 4 is 45.1 Å². The summed E-state index contributed by atoms with van der Waals surface area (Å²) in [5, 5.41) is 10.0. The predicted octanol–water partition coefficient (Wildman–Crippen LogP) is 4.85. The first-order valence-corrected chi connectivity index (χ1v) is 9.19. The Balaban J connectivity index is 1.75. The molecule has 2 aromatic heterocycles. The van der Waals surface area contributed by atoms with Gasteiger partial charge in [0.2, 0.25) is 0 Å². The highest BCUT2D eigenvalue weighted by Gasteiger charge is 2.10. The molecule has 5 nitrogen and oxygen atoms in total. The Hall–Kier alpha value is -3.18. The summed E-state index contributed by atoms with van der Waals surface area (Å²) in [6, 6.07) is 20.7. The molecule has 0 spiro atoms. The van der Waals surface area contributed by atoms with Crippen LogP contribution < -0.4 is 5.56 Å². The Bertz CT molecular complexity index is 1280. The Morgan fingerprint density at radius 2 is 2.00 bits per heavy atom. The predicted molar refractivity (Wildman–Crippen MR) is 113 cm³/mol. The van der Waals surface area contributed by atoms with E-state index in [9.17, 15) is 10.1 Å². The van der Waals surface area contributed by atoms with Gasteiger partial charge in [0.25, 0.3) is 5.56 Å². The minimum Gasteiger partial charge on any atom is -0.457 e. The number of nitrogens with one attached hydrogen (secondary N) is 1. The molecule has 4 rings (SSSR count). The molecule has 2 aromatic carbocycles. The summed E-state index contributed by atoms with van der Waals surface area (Å²) in [4.78, 5) is 19.3. The second kappa shape index (κ2) is 7.21. The first-order valence-electron chi connectivity index (χ1n) is 8.11. The molecule has 0 radical (unpaired) electrons. The van der Waals surface area contributed by atoms with Crippen LogP contribution >= 0.6 is 22.6 Å². The van der Waals surface area contributed by atoms with E-state index in [1.54, 1.807) is 36.4 Å².